The first-order chi connectivity index (χ1) is 19.1. The van der Waals surface area contributed by atoms with Crippen molar-refractivity contribution in [1.29, 1.82) is 5.26 Å². The van der Waals surface area contributed by atoms with E-state index in [-0.39, 0.29) is 11.5 Å². The molecule has 0 atom stereocenters. The average Bonchev–Trinajstić information content (AvgIpc) is 3.53. The standard InChI is InChI=1S/C30H34N8O2/c1-29(2,3)38(28(39)40)24-12-30(13-24)7-9-36(10-8-30)26-6-5-20(15-32-26)25-11-21(23-17-33-35(4)18-23)19-37-27(25)22(14-31)16-34-37/h5-6,11,15-19,24H,7-10,12-13H2,1-4H3,(H,39,40). The Morgan fingerprint density at radius 1 is 1.07 bits per heavy atom. The fourth-order valence-electron chi connectivity index (χ4n) is 6.62. The lowest BCUT2D eigenvalue weighted by molar-refractivity contribution is -0.0406. The molecule has 10 nitrogen and oxygen atoms in total. The van der Waals surface area contributed by atoms with Crippen LogP contribution in [-0.2, 0) is 7.05 Å². The molecule has 2 fully saturated rings. The van der Waals surface area contributed by atoms with Crippen LogP contribution >= 0.6 is 0 Å². The minimum atomic E-state index is -0.824. The molecule has 1 N–H and O–H groups in total. The van der Waals surface area contributed by atoms with Crippen molar-refractivity contribution >= 4 is 17.4 Å². The Balaban J connectivity index is 1.20. The van der Waals surface area contributed by atoms with E-state index >= 15 is 0 Å². The predicted octanol–water partition coefficient (Wildman–Crippen LogP) is 5.20. The molecule has 40 heavy (non-hydrogen) atoms. The van der Waals surface area contributed by atoms with E-state index in [0.29, 0.717) is 5.56 Å². The third-order valence-electron chi connectivity index (χ3n) is 8.61. The number of carboxylic acid groups (broad SMARTS) is 1. The summed E-state index contributed by atoms with van der Waals surface area (Å²) in [5.41, 5.74) is 4.86. The van der Waals surface area contributed by atoms with Crippen molar-refractivity contribution in [1.82, 2.24) is 29.3 Å². The number of rotatable bonds is 4. The molecule has 206 valence electrons. The summed E-state index contributed by atoms with van der Waals surface area (Å²) in [7, 11) is 1.88. The highest BCUT2D eigenvalue weighted by Crippen LogP contribution is 2.52. The van der Waals surface area contributed by atoms with Crippen molar-refractivity contribution in [3.05, 3.63) is 54.7 Å². The van der Waals surface area contributed by atoms with Gasteiger partial charge in [0.2, 0.25) is 0 Å². The largest absolute Gasteiger partial charge is 0.465 e. The van der Waals surface area contributed by atoms with Crippen molar-refractivity contribution in [2.45, 2.75) is 58.0 Å². The fourth-order valence-corrected chi connectivity index (χ4v) is 6.62. The first-order valence-electron chi connectivity index (χ1n) is 13.7. The zero-order chi connectivity index (χ0) is 28.2. The van der Waals surface area contributed by atoms with Gasteiger partial charge in [-0.25, -0.2) is 14.3 Å². The van der Waals surface area contributed by atoms with Gasteiger partial charge in [0.15, 0.2) is 0 Å². The SMILES string of the molecule is Cn1cc(-c2cc(-c3ccc(N4CCC5(CC4)CC(N(C(=O)O)C(C)(C)C)C5)nc3)c3c(C#N)cnn3c2)cn1. The molecule has 4 aromatic heterocycles. The van der Waals surface area contributed by atoms with Crippen LogP contribution in [0.2, 0.25) is 0 Å². The number of hydrogen-bond donors (Lipinski definition) is 1. The van der Waals surface area contributed by atoms with Crippen molar-refractivity contribution in [3.8, 4) is 28.3 Å². The number of hydrogen-bond acceptors (Lipinski definition) is 6. The summed E-state index contributed by atoms with van der Waals surface area (Å²) in [6.45, 7) is 7.72. The van der Waals surface area contributed by atoms with Gasteiger partial charge in [-0.05, 0) is 70.1 Å². The molecule has 10 heteroatoms. The van der Waals surface area contributed by atoms with E-state index in [1.54, 1.807) is 20.3 Å². The van der Waals surface area contributed by atoms with E-state index in [9.17, 15) is 15.2 Å². The van der Waals surface area contributed by atoms with Crippen LogP contribution in [0.5, 0.6) is 0 Å². The summed E-state index contributed by atoms with van der Waals surface area (Å²) in [6.07, 6.45) is 12.3. The summed E-state index contributed by atoms with van der Waals surface area (Å²) in [5.74, 6) is 0.935. The molecule has 1 aliphatic carbocycles. The van der Waals surface area contributed by atoms with Gasteiger partial charge in [-0.1, -0.05) is 0 Å². The molecule has 5 heterocycles. The Morgan fingerprint density at radius 3 is 2.40 bits per heavy atom. The molecule has 1 saturated carbocycles. The topological polar surface area (TPSA) is 116 Å². The van der Waals surface area contributed by atoms with Gasteiger partial charge in [0.25, 0.3) is 0 Å². The predicted molar refractivity (Wildman–Crippen MR) is 152 cm³/mol. The number of carbonyl (C=O) groups is 1. The number of nitrogens with zero attached hydrogens (tertiary/aromatic N) is 8. The van der Waals surface area contributed by atoms with Crippen LogP contribution in [0.4, 0.5) is 10.6 Å². The number of piperidine rings is 1. The maximum atomic E-state index is 11.9. The number of aryl methyl sites for hydroxylation is 1. The van der Waals surface area contributed by atoms with Crippen molar-refractivity contribution in [3.63, 3.8) is 0 Å². The number of anilines is 1. The Kier molecular flexibility index (Phi) is 6.06. The number of pyridine rings is 2. The Hall–Kier alpha value is -4.39. The van der Waals surface area contributed by atoms with Crippen molar-refractivity contribution in [2.24, 2.45) is 12.5 Å². The lowest BCUT2D eigenvalue weighted by Crippen LogP contribution is -2.60. The molecule has 1 spiro atoms. The van der Waals surface area contributed by atoms with Gasteiger partial charge in [-0.3, -0.25) is 4.68 Å². The second-order valence-corrected chi connectivity index (χ2v) is 12.3. The number of aromatic nitrogens is 5. The molecule has 0 unspecified atom stereocenters. The van der Waals surface area contributed by atoms with E-state index < -0.39 is 11.6 Å². The number of nitriles is 1. The Bertz CT molecular complexity index is 1610. The molecular formula is C30H34N8O2. The third kappa shape index (κ3) is 4.45. The van der Waals surface area contributed by atoms with E-state index in [4.69, 9.17) is 4.98 Å². The highest BCUT2D eigenvalue weighted by atomic mass is 16.4. The molecule has 4 aromatic rings. The van der Waals surface area contributed by atoms with Crippen molar-refractivity contribution < 1.29 is 9.90 Å². The molecule has 6 rings (SSSR count). The second-order valence-electron chi connectivity index (χ2n) is 12.3. The fraction of sp³-hybridized carbons (Fsp3) is 0.433. The molecule has 1 amide bonds. The van der Waals surface area contributed by atoms with Gasteiger partial charge >= 0.3 is 6.09 Å². The maximum Gasteiger partial charge on any atom is 0.407 e. The van der Waals surface area contributed by atoms with Gasteiger partial charge in [0.1, 0.15) is 11.9 Å². The molecule has 1 aliphatic heterocycles. The van der Waals surface area contributed by atoms with Crippen LogP contribution in [0.25, 0.3) is 27.8 Å². The van der Waals surface area contributed by atoms with Crippen LogP contribution < -0.4 is 4.90 Å². The second kappa shape index (κ2) is 9.37. The summed E-state index contributed by atoms with van der Waals surface area (Å²) in [5, 5.41) is 28.2. The lowest BCUT2D eigenvalue weighted by Gasteiger charge is -2.57. The maximum absolute atomic E-state index is 11.9. The van der Waals surface area contributed by atoms with E-state index in [1.807, 2.05) is 52.6 Å². The normalized spacial score (nSPS) is 17.1. The molecule has 1 saturated heterocycles. The molecule has 2 aliphatic rings. The molecule has 0 aromatic carbocycles. The molecule has 0 radical (unpaired) electrons. The smallest absolute Gasteiger partial charge is 0.407 e. The van der Waals surface area contributed by atoms with E-state index in [0.717, 1.165) is 72.4 Å². The van der Waals surface area contributed by atoms with Gasteiger partial charge < -0.3 is 14.9 Å². The van der Waals surface area contributed by atoms with Gasteiger partial charge in [-0.2, -0.15) is 15.5 Å². The summed E-state index contributed by atoms with van der Waals surface area (Å²) in [6, 6.07) is 8.56. The zero-order valence-corrected chi connectivity index (χ0v) is 23.4. The van der Waals surface area contributed by atoms with Crippen LogP contribution in [-0.4, -0.2) is 65.1 Å². The van der Waals surface area contributed by atoms with Crippen LogP contribution in [0, 0.1) is 16.7 Å². The Labute approximate surface area is 233 Å². The first kappa shape index (κ1) is 25.9. The first-order valence-corrected chi connectivity index (χ1v) is 13.7. The quantitative estimate of drug-likeness (QED) is 0.380. The van der Waals surface area contributed by atoms with Crippen LogP contribution in [0.3, 0.4) is 0 Å². The number of amides is 1. The Morgan fingerprint density at radius 2 is 1.82 bits per heavy atom. The van der Waals surface area contributed by atoms with Crippen molar-refractivity contribution in [2.75, 3.05) is 18.0 Å². The monoisotopic (exact) mass is 538 g/mol. The highest BCUT2D eigenvalue weighted by Gasteiger charge is 2.51. The summed E-state index contributed by atoms with van der Waals surface area (Å²) >= 11 is 0. The van der Waals surface area contributed by atoms with E-state index in [2.05, 4.69) is 39.4 Å². The van der Waals surface area contributed by atoms with Gasteiger partial charge in [-0.15, -0.1) is 0 Å². The number of fused-ring (bicyclic) bond motifs is 1. The molecular weight excluding hydrogens is 504 g/mol. The van der Waals surface area contributed by atoms with Crippen LogP contribution in [0.1, 0.15) is 52.0 Å². The molecule has 0 bridgehead atoms. The summed E-state index contributed by atoms with van der Waals surface area (Å²) in [4.78, 5) is 20.7. The van der Waals surface area contributed by atoms with Crippen LogP contribution in [0.15, 0.2) is 49.2 Å². The van der Waals surface area contributed by atoms with Gasteiger partial charge in [0.05, 0.1) is 23.5 Å². The minimum absolute atomic E-state index is 0.0996. The van der Waals surface area contributed by atoms with Gasteiger partial charge in [0, 0.05) is 72.6 Å². The zero-order valence-electron chi connectivity index (χ0n) is 23.4. The lowest BCUT2D eigenvalue weighted by atomic mass is 9.59. The third-order valence-corrected chi connectivity index (χ3v) is 8.61. The van der Waals surface area contributed by atoms with E-state index in [1.165, 1.54) is 0 Å². The highest BCUT2D eigenvalue weighted by molar-refractivity contribution is 5.87. The summed E-state index contributed by atoms with van der Waals surface area (Å²) < 4.78 is 3.52. The minimum Gasteiger partial charge on any atom is -0.465 e. The average molecular weight is 539 g/mol.